The van der Waals surface area contributed by atoms with Crippen molar-refractivity contribution < 1.29 is 4.74 Å². The summed E-state index contributed by atoms with van der Waals surface area (Å²) in [7, 11) is 0. The molecule has 12 heavy (non-hydrogen) atoms. The summed E-state index contributed by atoms with van der Waals surface area (Å²) in [5.74, 6) is 0.932. The lowest BCUT2D eigenvalue weighted by molar-refractivity contribution is 0.134. The van der Waals surface area contributed by atoms with Crippen molar-refractivity contribution in [2.24, 2.45) is 11.7 Å². The lowest BCUT2D eigenvalue weighted by Gasteiger charge is -2.27. The molecule has 1 unspecified atom stereocenters. The van der Waals surface area contributed by atoms with Crippen molar-refractivity contribution in [1.29, 1.82) is 0 Å². The molecule has 0 saturated heterocycles. The summed E-state index contributed by atoms with van der Waals surface area (Å²) < 4.78 is 5.26. The second kappa shape index (κ2) is 5.55. The summed E-state index contributed by atoms with van der Waals surface area (Å²) in [4.78, 5) is 0. The highest BCUT2D eigenvalue weighted by Crippen LogP contribution is 2.30. The van der Waals surface area contributed by atoms with E-state index < -0.39 is 0 Å². The zero-order valence-corrected chi connectivity index (χ0v) is 8.09. The molecule has 0 bridgehead atoms. The van der Waals surface area contributed by atoms with Gasteiger partial charge in [0.15, 0.2) is 0 Å². The van der Waals surface area contributed by atoms with Gasteiger partial charge >= 0.3 is 0 Å². The SMILES string of the molecule is CCOCCC(N)CC1CCC1. The molecule has 2 N–H and O–H groups in total. The first-order valence-electron chi connectivity index (χ1n) is 5.16. The molecule has 0 heterocycles. The second-order valence-corrected chi connectivity index (χ2v) is 3.78. The Balaban J connectivity index is 1.91. The zero-order chi connectivity index (χ0) is 8.81. The van der Waals surface area contributed by atoms with Crippen molar-refractivity contribution in [1.82, 2.24) is 0 Å². The van der Waals surface area contributed by atoms with E-state index in [2.05, 4.69) is 0 Å². The molecule has 2 heteroatoms. The van der Waals surface area contributed by atoms with Crippen LogP contribution in [0.1, 0.15) is 39.0 Å². The van der Waals surface area contributed by atoms with Crippen LogP contribution in [0.5, 0.6) is 0 Å². The van der Waals surface area contributed by atoms with Gasteiger partial charge < -0.3 is 10.5 Å². The largest absolute Gasteiger partial charge is 0.382 e. The average molecular weight is 171 g/mol. The van der Waals surface area contributed by atoms with Gasteiger partial charge in [-0.15, -0.1) is 0 Å². The fourth-order valence-corrected chi connectivity index (χ4v) is 1.65. The maximum absolute atomic E-state index is 5.94. The van der Waals surface area contributed by atoms with E-state index in [4.69, 9.17) is 10.5 Å². The third kappa shape index (κ3) is 3.55. The van der Waals surface area contributed by atoms with Crippen LogP contribution in [0.4, 0.5) is 0 Å². The van der Waals surface area contributed by atoms with E-state index in [0.717, 1.165) is 25.6 Å². The van der Waals surface area contributed by atoms with Crippen molar-refractivity contribution in [3.63, 3.8) is 0 Å². The molecule has 0 aromatic heterocycles. The summed E-state index contributed by atoms with van der Waals surface area (Å²) in [5.41, 5.74) is 5.94. The molecule has 0 amide bonds. The standard InChI is InChI=1S/C10H21NO/c1-2-12-7-6-10(11)8-9-4-3-5-9/h9-10H,2-8,11H2,1H3. The van der Waals surface area contributed by atoms with Gasteiger partial charge in [0.1, 0.15) is 0 Å². The lowest BCUT2D eigenvalue weighted by Crippen LogP contribution is -2.27. The molecule has 1 aliphatic carbocycles. The summed E-state index contributed by atoms with van der Waals surface area (Å²) in [5, 5.41) is 0. The van der Waals surface area contributed by atoms with Gasteiger partial charge in [-0.3, -0.25) is 0 Å². The van der Waals surface area contributed by atoms with Gasteiger partial charge in [0, 0.05) is 19.3 Å². The van der Waals surface area contributed by atoms with Crippen LogP contribution in [0, 0.1) is 5.92 Å². The van der Waals surface area contributed by atoms with Gasteiger partial charge in [-0.1, -0.05) is 19.3 Å². The second-order valence-electron chi connectivity index (χ2n) is 3.78. The van der Waals surface area contributed by atoms with Crippen molar-refractivity contribution in [3.05, 3.63) is 0 Å². The van der Waals surface area contributed by atoms with Crippen LogP contribution in [0.25, 0.3) is 0 Å². The maximum Gasteiger partial charge on any atom is 0.0480 e. The molecular weight excluding hydrogens is 150 g/mol. The van der Waals surface area contributed by atoms with Crippen LogP contribution in [0.15, 0.2) is 0 Å². The zero-order valence-electron chi connectivity index (χ0n) is 8.09. The average Bonchev–Trinajstić information content (AvgIpc) is 1.98. The first-order chi connectivity index (χ1) is 5.83. The summed E-state index contributed by atoms with van der Waals surface area (Å²) in [6.07, 6.45) is 6.48. The Morgan fingerprint density at radius 2 is 2.25 bits per heavy atom. The van der Waals surface area contributed by atoms with E-state index in [1.807, 2.05) is 6.92 Å². The van der Waals surface area contributed by atoms with Crippen LogP contribution in [-0.4, -0.2) is 19.3 Å². The van der Waals surface area contributed by atoms with Crippen LogP contribution in [-0.2, 0) is 4.74 Å². The normalized spacial score (nSPS) is 20.5. The third-order valence-corrected chi connectivity index (χ3v) is 2.70. The molecule has 1 aliphatic rings. The Morgan fingerprint density at radius 3 is 2.75 bits per heavy atom. The predicted octanol–water partition coefficient (Wildman–Crippen LogP) is 1.93. The Bertz CT molecular complexity index is 112. The molecule has 1 atom stereocenters. The number of hydrogen-bond donors (Lipinski definition) is 1. The van der Waals surface area contributed by atoms with Crippen LogP contribution >= 0.6 is 0 Å². The van der Waals surface area contributed by atoms with Gasteiger partial charge in [0.05, 0.1) is 0 Å². The Labute approximate surface area is 75.5 Å². The number of rotatable bonds is 6. The summed E-state index contributed by atoms with van der Waals surface area (Å²) in [6.45, 7) is 3.68. The molecule has 0 aliphatic heterocycles. The molecule has 1 saturated carbocycles. The van der Waals surface area contributed by atoms with Crippen molar-refractivity contribution in [3.8, 4) is 0 Å². The number of nitrogens with two attached hydrogens (primary N) is 1. The Morgan fingerprint density at radius 1 is 1.50 bits per heavy atom. The summed E-state index contributed by atoms with van der Waals surface area (Å²) in [6, 6.07) is 0.377. The molecule has 0 aromatic carbocycles. The van der Waals surface area contributed by atoms with Crippen LogP contribution in [0.2, 0.25) is 0 Å². The minimum Gasteiger partial charge on any atom is -0.382 e. The molecule has 1 rings (SSSR count). The highest BCUT2D eigenvalue weighted by molar-refractivity contribution is 4.74. The number of ether oxygens (including phenoxy) is 1. The highest BCUT2D eigenvalue weighted by Gasteiger charge is 2.19. The van der Waals surface area contributed by atoms with E-state index in [1.165, 1.54) is 25.7 Å². The molecular formula is C10H21NO. The topological polar surface area (TPSA) is 35.2 Å². The Hall–Kier alpha value is -0.0800. The fraction of sp³-hybridized carbons (Fsp3) is 1.00. The quantitative estimate of drug-likeness (QED) is 0.620. The number of hydrogen-bond acceptors (Lipinski definition) is 2. The third-order valence-electron chi connectivity index (χ3n) is 2.70. The van der Waals surface area contributed by atoms with Gasteiger partial charge in [0.2, 0.25) is 0 Å². The van der Waals surface area contributed by atoms with Gasteiger partial charge in [-0.05, 0) is 25.7 Å². The van der Waals surface area contributed by atoms with Gasteiger partial charge in [-0.25, -0.2) is 0 Å². The van der Waals surface area contributed by atoms with Gasteiger partial charge in [-0.2, -0.15) is 0 Å². The van der Waals surface area contributed by atoms with Crippen molar-refractivity contribution >= 4 is 0 Å². The lowest BCUT2D eigenvalue weighted by atomic mass is 9.80. The molecule has 1 fully saturated rings. The molecule has 0 aromatic rings. The Kier molecular flexibility index (Phi) is 4.62. The minimum absolute atomic E-state index is 0.377. The summed E-state index contributed by atoms with van der Waals surface area (Å²) >= 11 is 0. The van der Waals surface area contributed by atoms with Crippen LogP contribution < -0.4 is 5.73 Å². The van der Waals surface area contributed by atoms with E-state index in [9.17, 15) is 0 Å². The maximum atomic E-state index is 5.94. The first-order valence-corrected chi connectivity index (χ1v) is 5.16. The van der Waals surface area contributed by atoms with E-state index in [-0.39, 0.29) is 0 Å². The van der Waals surface area contributed by atoms with Gasteiger partial charge in [0.25, 0.3) is 0 Å². The van der Waals surface area contributed by atoms with E-state index >= 15 is 0 Å². The fourth-order valence-electron chi connectivity index (χ4n) is 1.65. The highest BCUT2D eigenvalue weighted by atomic mass is 16.5. The monoisotopic (exact) mass is 171 g/mol. The molecule has 2 nitrogen and oxygen atoms in total. The smallest absolute Gasteiger partial charge is 0.0480 e. The molecule has 72 valence electrons. The predicted molar refractivity (Wildman–Crippen MR) is 51.0 cm³/mol. The van der Waals surface area contributed by atoms with Crippen molar-refractivity contribution in [2.75, 3.05) is 13.2 Å². The van der Waals surface area contributed by atoms with E-state index in [0.29, 0.717) is 6.04 Å². The molecule has 0 spiro atoms. The molecule has 0 radical (unpaired) electrons. The first kappa shape index (κ1) is 10.0. The van der Waals surface area contributed by atoms with Crippen LogP contribution in [0.3, 0.4) is 0 Å². The minimum atomic E-state index is 0.377. The van der Waals surface area contributed by atoms with E-state index in [1.54, 1.807) is 0 Å². The van der Waals surface area contributed by atoms with Crippen molar-refractivity contribution in [2.45, 2.75) is 45.1 Å².